The summed E-state index contributed by atoms with van der Waals surface area (Å²) in [7, 11) is 1.78. The zero-order chi connectivity index (χ0) is 10.1. The van der Waals surface area contributed by atoms with E-state index in [2.05, 4.69) is 5.10 Å². The van der Waals surface area contributed by atoms with Gasteiger partial charge in [0.25, 0.3) is 0 Å². The minimum Gasteiger partial charge on any atom is -0.469 e. The zero-order valence-electron chi connectivity index (χ0n) is 8.02. The third kappa shape index (κ3) is 1.46. The molecule has 14 heavy (non-hydrogen) atoms. The Hall–Kier alpha value is -1.84. The van der Waals surface area contributed by atoms with Crippen LogP contribution in [0.15, 0.2) is 29.1 Å². The van der Waals surface area contributed by atoms with Crippen molar-refractivity contribution in [3.8, 4) is 0 Å². The van der Waals surface area contributed by atoms with Crippen LogP contribution >= 0.6 is 0 Å². The Morgan fingerprint density at radius 3 is 2.79 bits per heavy atom. The van der Waals surface area contributed by atoms with Gasteiger partial charge in [-0.25, -0.2) is 0 Å². The van der Waals surface area contributed by atoms with E-state index in [1.54, 1.807) is 37.1 Å². The van der Waals surface area contributed by atoms with Gasteiger partial charge in [0, 0.05) is 13.2 Å². The van der Waals surface area contributed by atoms with Gasteiger partial charge in [-0.1, -0.05) is 0 Å². The molecule has 0 atom stereocenters. The van der Waals surface area contributed by atoms with Gasteiger partial charge in [0.1, 0.15) is 12.0 Å². The standard InChI is InChI=1S/C10H10N2O2/c1-7-3-8(6-14-7)10(13)9-4-11-12(2)5-9/h3-6H,1-2H3. The predicted octanol–water partition coefficient (Wildman–Crippen LogP) is 1.55. The molecular formula is C10H10N2O2. The third-order valence-electron chi connectivity index (χ3n) is 1.96. The van der Waals surface area contributed by atoms with E-state index in [0.717, 1.165) is 5.76 Å². The van der Waals surface area contributed by atoms with Crippen molar-refractivity contribution in [2.24, 2.45) is 7.05 Å². The van der Waals surface area contributed by atoms with E-state index >= 15 is 0 Å². The predicted molar refractivity (Wildman–Crippen MR) is 50.1 cm³/mol. The van der Waals surface area contributed by atoms with Gasteiger partial charge in [-0.2, -0.15) is 5.10 Å². The monoisotopic (exact) mass is 190 g/mol. The molecule has 2 aromatic rings. The topological polar surface area (TPSA) is 48.0 Å². The highest BCUT2D eigenvalue weighted by Gasteiger charge is 2.12. The highest BCUT2D eigenvalue weighted by Crippen LogP contribution is 2.11. The fraction of sp³-hybridized carbons (Fsp3) is 0.200. The molecule has 2 rings (SSSR count). The van der Waals surface area contributed by atoms with Crippen LogP contribution in [-0.2, 0) is 7.05 Å². The molecule has 2 aromatic heterocycles. The molecule has 0 saturated carbocycles. The number of furan rings is 1. The van der Waals surface area contributed by atoms with Crippen LogP contribution in [0.5, 0.6) is 0 Å². The first-order valence-corrected chi connectivity index (χ1v) is 4.25. The Kier molecular flexibility index (Phi) is 1.96. The van der Waals surface area contributed by atoms with E-state index in [4.69, 9.17) is 4.42 Å². The maximum absolute atomic E-state index is 11.8. The lowest BCUT2D eigenvalue weighted by molar-refractivity contribution is 0.103. The van der Waals surface area contributed by atoms with Crippen LogP contribution < -0.4 is 0 Å². The summed E-state index contributed by atoms with van der Waals surface area (Å²) in [5, 5.41) is 3.94. The van der Waals surface area contributed by atoms with Crippen molar-refractivity contribution < 1.29 is 9.21 Å². The van der Waals surface area contributed by atoms with Crippen molar-refractivity contribution >= 4 is 5.78 Å². The van der Waals surface area contributed by atoms with Crippen molar-refractivity contribution in [3.05, 3.63) is 41.6 Å². The summed E-state index contributed by atoms with van der Waals surface area (Å²) in [5.41, 5.74) is 1.14. The molecule has 0 N–H and O–H groups in total. The normalized spacial score (nSPS) is 10.4. The second kappa shape index (κ2) is 3.14. The molecule has 4 nitrogen and oxygen atoms in total. The highest BCUT2D eigenvalue weighted by atomic mass is 16.3. The highest BCUT2D eigenvalue weighted by molar-refractivity contribution is 6.08. The second-order valence-electron chi connectivity index (χ2n) is 3.18. The minimum atomic E-state index is -0.0602. The number of carbonyl (C=O) groups is 1. The quantitative estimate of drug-likeness (QED) is 0.675. The number of ketones is 1. The lowest BCUT2D eigenvalue weighted by Gasteiger charge is -1.89. The number of hydrogen-bond acceptors (Lipinski definition) is 3. The van der Waals surface area contributed by atoms with Gasteiger partial charge in [-0.15, -0.1) is 0 Å². The van der Waals surface area contributed by atoms with Gasteiger partial charge in [-0.3, -0.25) is 9.48 Å². The maximum atomic E-state index is 11.8. The van der Waals surface area contributed by atoms with Crippen molar-refractivity contribution in [2.45, 2.75) is 6.92 Å². The molecule has 0 aliphatic carbocycles. The Balaban J connectivity index is 2.33. The third-order valence-corrected chi connectivity index (χ3v) is 1.96. The van der Waals surface area contributed by atoms with E-state index in [0.29, 0.717) is 11.1 Å². The number of aromatic nitrogens is 2. The lowest BCUT2D eigenvalue weighted by Crippen LogP contribution is -1.97. The Bertz CT molecular complexity index is 426. The number of nitrogens with zero attached hydrogens (tertiary/aromatic N) is 2. The Morgan fingerprint density at radius 1 is 1.50 bits per heavy atom. The van der Waals surface area contributed by atoms with Gasteiger partial charge < -0.3 is 4.42 Å². The van der Waals surface area contributed by atoms with E-state index in [1.165, 1.54) is 6.26 Å². The summed E-state index contributed by atoms with van der Waals surface area (Å²) in [5.74, 6) is 0.673. The van der Waals surface area contributed by atoms with Crippen LogP contribution in [0, 0.1) is 6.92 Å². The molecule has 0 aliphatic rings. The average molecular weight is 190 g/mol. The number of carbonyl (C=O) groups excluding carboxylic acids is 1. The van der Waals surface area contributed by atoms with Crippen molar-refractivity contribution in [2.75, 3.05) is 0 Å². The fourth-order valence-electron chi connectivity index (χ4n) is 1.27. The molecule has 0 spiro atoms. The molecule has 0 bridgehead atoms. The second-order valence-corrected chi connectivity index (χ2v) is 3.18. The summed E-state index contributed by atoms with van der Waals surface area (Å²) in [6.07, 6.45) is 4.69. The minimum absolute atomic E-state index is 0.0602. The van der Waals surface area contributed by atoms with E-state index in [1.807, 2.05) is 0 Å². The molecule has 2 heterocycles. The number of hydrogen-bond donors (Lipinski definition) is 0. The van der Waals surface area contributed by atoms with Crippen LogP contribution in [-0.4, -0.2) is 15.6 Å². The SMILES string of the molecule is Cc1cc(C(=O)c2cnn(C)c2)co1. The Labute approximate surface area is 81.1 Å². The van der Waals surface area contributed by atoms with Gasteiger partial charge in [0.05, 0.1) is 17.3 Å². The smallest absolute Gasteiger partial charge is 0.199 e. The average Bonchev–Trinajstić information content (AvgIpc) is 2.73. The largest absolute Gasteiger partial charge is 0.469 e. The number of aryl methyl sites for hydroxylation is 2. The van der Waals surface area contributed by atoms with E-state index in [9.17, 15) is 4.79 Å². The van der Waals surface area contributed by atoms with E-state index < -0.39 is 0 Å². The summed E-state index contributed by atoms with van der Waals surface area (Å²) in [6.45, 7) is 1.81. The molecule has 0 saturated heterocycles. The lowest BCUT2D eigenvalue weighted by atomic mass is 10.1. The van der Waals surface area contributed by atoms with Gasteiger partial charge >= 0.3 is 0 Å². The molecule has 4 heteroatoms. The fourth-order valence-corrected chi connectivity index (χ4v) is 1.27. The van der Waals surface area contributed by atoms with Gasteiger partial charge in [0.15, 0.2) is 5.78 Å². The van der Waals surface area contributed by atoms with Crippen LogP contribution in [0.1, 0.15) is 21.7 Å². The molecule has 0 unspecified atom stereocenters. The molecule has 0 radical (unpaired) electrons. The molecule has 72 valence electrons. The first-order valence-electron chi connectivity index (χ1n) is 4.25. The molecule has 0 amide bonds. The van der Waals surface area contributed by atoms with Crippen molar-refractivity contribution in [1.82, 2.24) is 9.78 Å². The Morgan fingerprint density at radius 2 is 2.29 bits per heavy atom. The summed E-state index contributed by atoms with van der Waals surface area (Å²) in [6, 6.07) is 1.72. The summed E-state index contributed by atoms with van der Waals surface area (Å²) >= 11 is 0. The molecule has 0 fully saturated rings. The molecule has 0 aliphatic heterocycles. The van der Waals surface area contributed by atoms with Crippen LogP contribution in [0.3, 0.4) is 0 Å². The zero-order valence-corrected chi connectivity index (χ0v) is 8.02. The van der Waals surface area contributed by atoms with Crippen molar-refractivity contribution in [1.29, 1.82) is 0 Å². The van der Waals surface area contributed by atoms with Crippen LogP contribution in [0.25, 0.3) is 0 Å². The molecular weight excluding hydrogens is 180 g/mol. The van der Waals surface area contributed by atoms with Gasteiger partial charge in [0.2, 0.25) is 0 Å². The first kappa shape index (κ1) is 8.74. The summed E-state index contributed by atoms with van der Waals surface area (Å²) < 4.78 is 6.66. The number of rotatable bonds is 2. The van der Waals surface area contributed by atoms with Gasteiger partial charge in [-0.05, 0) is 13.0 Å². The van der Waals surface area contributed by atoms with E-state index in [-0.39, 0.29) is 5.78 Å². The molecule has 0 aromatic carbocycles. The van der Waals surface area contributed by atoms with Crippen LogP contribution in [0.4, 0.5) is 0 Å². The summed E-state index contributed by atoms with van der Waals surface area (Å²) in [4.78, 5) is 11.8. The van der Waals surface area contributed by atoms with Crippen molar-refractivity contribution in [3.63, 3.8) is 0 Å². The maximum Gasteiger partial charge on any atom is 0.199 e. The first-order chi connectivity index (χ1) is 6.66. The van der Waals surface area contributed by atoms with Crippen LogP contribution in [0.2, 0.25) is 0 Å².